The molecule has 0 saturated heterocycles. The molecule has 0 aliphatic heterocycles. The van der Waals surface area contributed by atoms with Crippen molar-refractivity contribution in [3.63, 3.8) is 0 Å². The summed E-state index contributed by atoms with van der Waals surface area (Å²) >= 11 is 0. The van der Waals surface area contributed by atoms with E-state index in [4.69, 9.17) is 0 Å². The number of aromatic amines is 1. The predicted octanol–water partition coefficient (Wildman–Crippen LogP) is 3.11. The van der Waals surface area contributed by atoms with Gasteiger partial charge in [-0.15, -0.1) is 0 Å². The maximum absolute atomic E-state index is 12.3. The first-order valence-electron chi connectivity index (χ1n) is 9.76. The Balaban J connectivity index is 1.46. The van der Waals surface area contributed by atoms with Gasteiger partial charge in [-0.05, 0) is 50.3 Å². The van der Waals surface area contributed by atoms with Gasteiger partial charge in [-0.2, -0.15) is 0 Å². The van der Waals surface area contributed by atoms with Crippen LogP contribution in [0, 0.1) is 24.0 Å². The van der Waals surface area contributed by atoms with E-state index >= 15 is 0 Å². The summed E-state index contributed by atoms with van der Waals surface area (Å²) in [7, 11) is 0. The van der Waals surface area contributed by atoms with Crippen molar-refractivity contribution in [2.75, 3.05) is 11.9 Å². The van der Waals surface area contributed by atoms with Crippen molar-refractivity contribution >= 4 is 11.6 Å². The molecule has 3 rings (SSSR count). The molecule has 0 aromatic carbocycles. The van der Waals surface area contributed by atoms with E-state index in [1.807, 2.05) is 26.0 Å². The van der Waals surface area contributed by atoms with Gasteiger partial charge in [-0.1, -0.05) is 6.07 Å². The van der Waals surface area contributed by atoms with E-state index in [1.165, 1.54) is 6.20 Å². The SMILES string of the molecule is Cc1ccc(Cc2cnc(NCCCCc3ncc([N+](=O)[O-])cc3C)[nH]c2=O)cn1. The van der Waals surface area contributed by atoms with Crippen LogP contribution in [-0.4, -0.2) is 31.4 Å². The normalized spacial score (nSPS) is 10.7. The molecule has 0 saturated carbocycles. The topological polar surface area (TPSA) is 127 Å². The third-order valence-corrected chi connectivity index (χ3v) is 4.76. The molecule has 0 bridgehead atoms. The van der Waals surface area contributed by atoms with E-state index in [-0.39, 0.29) is 11.2 Å². The number of hydrogen-bond donors (Lipinski definition) is 2. The predicted molar refractivity (Wildman–Crippen MR) is 114 cm³/mol. The number of aryl methyl sites for hydroxylation is 3. The van der Waals surface area contributed by atoms with E-state index < -0.39 is 4.92 Å². The van der Waals surface area contributed by atoms with Gasteiger partial charge >= 0.3 is 0 Å². The largest absolute Gasteiger partial charge is 0.356 e. The molecule has 0 aliphatic carbocycles. The highest BCUT2D eigenvalue weighted by Crippen LogP contribution is 2.16. The number of nitro groups is 1. The summed E-state index contributed by atoms with van der Waals surface area (Å²) in [6, 6.07) is 5.42. The minimum atomic E-state index is -0.440. The Labute approximate surface area is 173 Å². The highest BCUT2D eigenvalue weighted by atomic mass is 16.6. The third kappa shape index (κ3) is 5.69. The molecule has 0 fully saturated rings. The van der Waals surface area contributed by atoms with Crippen molar-refractivity contribution in [3.8, 4) is 0 Å². The van der Waals surface area contributed by atoms with Gasteiger partial charge in [0.25, 0.3) is 11.2 Å². The fraction of sp³-hybridized carbons (Fsp3) is 0.333. The summed E-state index contributed by atoms with van der Waals surface area (Å²) < 4.78 is 0. The highest BCUT2D eigenvalue weighted by Gasteiger charge is 2.09. The number of nitrogens with one attached hydrogen (secondary N) is 2. The second kappa shape index (κ2) is 9.73. The van der Waals surface area contributed by atoms with Crippen molar-refractivity contribution in [2.45, 2.75) is 39.5 Å². The Morgan fingerprint density at radius 3 is 2.60 bits per heavy atom. The summed E-state index contributed by atoms with van der Waals surface area (Å²) in [6.07, 6.45) is 7.58. The van der Waals surface area contributed by atoms with Crippen LogP contribution < -0.4 is 10.9 Å². The molecular weight excluding hydrogens is 384 g/mol. The molecule has 9 nitrogen and oxygen atoms in total. The van der Waals surface area contributed by atoms with Gasteiger partial charge in [0.15, 0.2) is 0 Å². The standard InChI is InChI=1S/C21H24N6O3/c1-14-9-18(27(29)30)13-24-19(14)5-3-4-8-22-21-25-12-17(20(28)26-21)10-16-7-6-15(2)23-11-16/h6-7,9,11-13H,3-5,8,10H2,1-2H3,(H2,22,25,26,28). The number of unbranched alkanes of at least 4 members (excludes halogenated alkanes) is 1. The zero-order valence-electron chi connectivity index (χ0n) is 17.0. The average Bonchev–Trinajstić information content (AvgIpc) is 2.72. The van der Waals surface area contributed by atoms with Crippen LogP contribution in [0.5, 0.6) is 0 Å². The molecule has 0 aliphatic rings. The number of H-pyrrole nitrogens is 1. The monoisotopic (exact) mass is 408 g/mol. The summed E-state index contributed by atoms with van der Waals surface area (Å²) in [6.45, 7) is 4.40. The lowest BCUT2D eigenvalue weighted by molar-refractivity contribution is -0.385. The van der Waals surface area contributed by atoms with Gasteiger partial charge in [0.05, 0.1) is 4.92 Å². The molecule has 9 heteroatoms. The van der Waals surface area contributed by atoms with Crippen LogP contribution in [0.25, 0.3) is 0 Å². The fourth-order valence-corrected chi connectivity index (χ4v) is 3.03. The van der Waals surface area contributed by atoms with Crippen LogP contribution in [0.4, 0.5) is 11.6 Å². The number of anilines is 1. The van der Waals surface area contributed by atoms with Crippen molar-refractivity contribution in [3.05, 3.63) is 85.3 Å². The molecule has 0 atom stereocenters. The number of pyridine rings is 2. The van der Waals surface area contributed by atoms with Crippen molar-refractivity contribution < 1.29 is 4.92 Å². The van der Waals surface area contributed by atoms with E-state index in [0.29, 0.717) is 24.5 Å². The van der Waals surface area contributed by atoms with Gasteiger partial charge in [0.2, 0.25) is 5.95 Å². The van der Waals surface area contributed by atoms with Crippen molar-refractivity contribution in [2.24, 2.45) is 0 Å². The molecule has 3 heterocycles. The van der Waals surface area contributed by atoms with Crippen LogP contribution in [0.2, 0.25) is 0 Å². The first kappa shape index (κ1) is 21.1. The van der Waals surface area contributed by atoms with E-state index in [0.717, 1.165) is 41.8 Å². The van der Waals surface area contributed by atoms with Crippen LogP contribution in [-0.2, 0) is 12.8 Å². The second-order valence-electron chi connectivity index (χ2n) is 7.17. The van der Waals surface area contributed by atoms with Gasteiger partial charge in [-0.25, -0.2) is 4.98 Å². The van der Waals surface area contributed by atoms with E-state index in [1.54, 1.807) is 18.5 Å². The number of rotatable bonds is 9. The van der Waals surface area contributed by atoms with E-state index in [2.05, 4.69) is 25.3 Å². The van der Waals surface area contributed by atoms with Crippen LogP contribution in [0.3, 0.4) is 0 Å². The second-order valence-corrected chi connectivity index (χ2v) is 7.17. The lowest BCUT2D eigenvalue weighted by atomic mass is 10.1. The molecule has 0 radical (unpaired) electrons. The average molecular weight is 408 g/mol. The summed E-state index contributed by atoms with van der Waals surface area (Å²) in [5.74, 6) is 0.440. The van der Waals surface area contributed by atoms with Gasteiger partial charge < -0.3 is 5.32 Å². The van der Waals surface area contributed by atoms with Crippen LogP contribution in [0.15, 0.2) is 41.6 Å². The quantitative estimate of drug-likeness (QED) is 0.316. The minimum absolute atomic E-state index is 0.00929. The highest BCUT2D eigenvalue weighted by molar-refractivity contribution is 5.33. The Bertz CT molecular complexity index is 1080. The number of hydrogen-bond acceptors (Lipinski definition) is 7. The summed E-state index contributed by atoms with van der Waals surface area (Å²) in [4.78, 5) is 38.1. The first-order chi connectivity index (χ1) is 14.4. The van der Waals surface area contributed by atoms with Crippen LogP contribution in [0.1, 0.15) is 40.9 Å². The molecule has 3 aromatic heterocycles. The molecule has 3 aromatic rings. The van der Waals surface area contributed by atoms with Gasteiger partial charge in [-0.3, -0.25) is 29.9 Å². The fourth-order valence-electron chi connectivity index (χ4n) is 3.03. The molecule has 30 heavy (non-hydrogen) atoms. The lowest BCUT2D eigenvalue weighted by Crippen LogP contribution is -2.17. The number of aromatic nitrogens is 4. The molecule has 0 amide bonds. The minimum Gasteiger partial charge on any atom is -0.356 e. The third-order valence-electron chi connectivity index (χ3n) is 4.76. The van der Waals surface area contributed by atoms with Crippen molar-refractivity contribution in [1.29, 1.82) is 0 Å². The summed E-state index contributed by atoms with van der Waals surface area (Å²) in [5, 5.41) is 13.9. The van der Waals surface area contributed by atoms with Gasteiger partial charge in [0.1, 0.15) is 6.20 Å². The van der Waals surface area contributed by atoms with Crippen LogP contribution >= 0.6 is 0 Å². The molecular formula is C21H24N6O3. The zero-order valence-corrected chi connectivity index (χ0v) is 17.0. The Morgan fingerprint density at radius 2 is 1.93 bits per heavy atom. The Morgan fingerprint density at radius 1 is 1.10 bits per heavy atom. The molecule has 2 N–H and O–H groups in total. The molecule has 0 spiro atoms. The first-order valence-corrected chi connectivity index (χ1v) is 9.76. The maximum Gasteiger partial charge on any atom is 0.287 e. The Hall–Kier alpha value is -3.62. The maximum atomic E-state index is 12.3. The molecule has 0 unspecified atom stereocenters. The van der Waals surface area contributed by atoms with E-state index in [9.17, 15) is 14.9 Å². The molecule has 156 valence electrons. The lowest BCUT2D eigenvalue weighted by Gasteiger charge is -2.07. The van der Waals surface area contributed by atoms with Crippen molar-refractivity contribution in [1.82, 2.24) is 19.9 Å². The van der Waals surface area contributed by atoms with Gasteiger partial charge in [0, 0.05) is 48.4 Å². The Kier molecular flexibility index (Phi) is 6.84. The smallest absolute Gasteiger partial charge is 0.287 e. The zero-order chi connectivity index (χ0) is 21.5. The summed E-state index contributed by atoms with van der Waals surface area (Å²) in [5.41, 5.74) is 4.01. The number of nitrogens with zero attached hydrogens (tertiary/aromatic N) is 4.